The summed E-state index contributed by atoms with van der Waals surface area (Å²) in [6.45, 7) is 0.939. The second-order valence-electron chi connectivity index (χ2n) is 7.80. The molecule has 1 saturated carbocycles. The Kier molecular flexibility index (Phi) is 5.70. The van der Waals surface area contributed by atoms with E-state index in [2.05, 4.69) is 10.3 Å². The van der Waals surface area contributed by atoms with Crippen LogP contribution in [-0.2, 0) is 38.8 Å². The fourth-order valence-electron chi connectivity index (χ4n) is 3.40. The SMILES string of the molecule is O=C1O/C(=C\Cn2cc(C3CC3)nn2)C(OCc2ccccc2)=C1OCc1ccccc1. The lowest BCUT2D eigenvalue weighted by atomic mass is 10.2. The fourth-order valence-corrected chi connectivity index (χ4v) is 3.40. The van der Waals surface area contributed by atoms with Gasteiger partial charge in [-0.15, -0.1) is 5.10 Å². The lowest BCUT2D eigenvalue weighted by Gasteiger charge is -2.10. The smallest absolute Gasteiger partial charge is 0.383 e. The summed E-state index contributed by atoms with van der Waals surface area (Å²) in [4.78, 5) is 12.6. The van der Waals surface area contributed by atoms with Crippen molar-refractivity contribution in [2.75, 3.05) is 0 Å². The molecule has 2 aromatic carbocycles. The zero-order valence-corrected chi connectivity index (χ0v) is 17.5. The Bertz CT molecular complexity index is 1150. The summed E-state index contributed by atoms with van der Waals surface area (Å²) < 4.78 is 19.1. The molecule has 0 radical (unpaired) electrons. The minimum atomic E-state index is -0.562. The van der Waals surface area contributed by atoms with Gasteiger partial charge in [-0.1, -0.05) is 65.9 Å². The van der Waals surface area contributed by atoms with Crippen LogP contribution < -0.4 is 0 Å². The van der Waals surface area contributed by atoms with Gasteiger partial charge in [-0.25, -0.2) is 9.48 Å². The minimum Gasteiger partial charge on any atom is -0.481 e. The molecule has 0 unspecified atom stereocenters. The Morgan fingerprint density at radius 3 is 2.19 bits per heavy atom. The molecule has 2 heterocycles. The van der Waals surface area contributed by atoms with Crippen molar-refractivity contribution in [3.63, 3.8) is 0 Å². The van der Waals surface area contributed by atoms with Crippen LogP contribution in [-0.4, -0.2) is 21.0 Å². The number of benzene rings is 2. The predicted molar refractivity (Wildman–Crippen MR) is 116 cm³/mol. The molecule has 0 saturated heterocycles. The van der Waals surface area contributed by atoms with Crippen molar-refractivity contribution in [2.45, 2.75) is 38.5 Å². The van der Waals surface area contributed by atoms with Gasteiger partial charge in [-0.05, 0) is 30.0 Å². The van der Waals surface area contributed by atoms with Crippen LogP contribution in [0.15, 0.2) is 90.2 Å². The maximum absolute atomic E-state index is 12.6. The summed E-state index contributed by atoms with van der Waals surface area (Å²) in [5.74, 6) is 0.680. The Morgan fingerprint density at radius 2 is 1.56 bits per heavy atom. The molecule has 7 nitrogen and oxygen atoms in total. The minimum absolute atomic E-state index is 0.0771. The van der Waals surface area contributed by atoms with Gasteiger partial charge in [0.1, 0.15) is 13.2 Å². The quantitative estimate of drug-likeness (QED) is 0.474. The number of rotatable bonds is 9. The number of hydrogen-bond acceptors (Lipinski definition) is 6. The van der Waals surface area contributed by atoms with Crippen LogP contribution in [0.4, 0.5) is 0 Å². The van der Waals surface area contributed by atoms with Crippen molar-refractivity contribution in [1.29, 1.82) is 0 Å². The first-order valence-electron chi connectivity index (χ1n) is 10.7. The molecule has 2 aliphatic rings. The third-order valence-electron chi connectivity index (χ3n) is 5.29. The summed E-state index contributed by atoms with van der Waals surface area (Å²) in [5.41, 5.74) is 2.93. The molecule has 0 spiro atoms. The standard InChI is InChI=1S/C25H23N3O4/c29-25-24(31-17-19-9-5-2-6-10-19)23(30-16-18-7-3-1-4-8-18)22(32-25)13-14-28-15-21(26-27-28)20-11-12-20/h1-10,13,15,20H,11-12,14,16-17H2/b22-13-. The molecule has 162 valence electrons. The van der Waals surface area contributed by atoms with Gasteiger partial charge in [0.05, 0.1) is 12.2 Å². The molecule has 1 fully saturated rings. The number of aromatic nitrogens is 3. The number of hydrogen-bond donors (Lipinski definition) is 0. The van der Waals surface area contributed by atoms with Crippen LogP contribution in [0.1, 0.15) is 35.6 Å². The summed E-state index contributed by atoms with van der Waals surface area (Å²) in [7, 11) is 0. The van der Waals surface area contributed by atoms with E-state index in [-0.39, 0.29) is 19.0 Å². The molecule has 32 heavy (non-hydrogen) atoms. The summed E-state index contributed by atoms with van der Waals surface area (Å²) in [5, 5.41) is 8.38. The Labute approximate surface area is 185 Å². The number of allylic oxidation sites excluding steroid dienone is 1. The topological polar surface area (TPSA) is 75.5 Å². The second-order valence-corrected chi connectivity index (χ2v) is 7.80. The number of carbonyl (C=O) groups excluding carboxylic acids is 1. The molecule has 1 aromatic heterocycles. The normalized spacial score (nSPS) is 17.0. The first-order valence-corrected chi connectivity index (χ1v) is 10.7. The Hall–Kier alpha value is -3.87. The Morgan fingerprint density at radius 1 is 0.938 bits per heavy atom. The predicted octanol–water partition coefficient (Wildman–Crippen LogP) is 4.24. The van der Waals surface area contributed by atoms with Gasteiger partial charge in [0.15, 0.2) is 5.76 Å². The van der Waals surface area contributed by atoms with Crippen molar-refractivity contribution in [1.82, 2.24) is 15.0 Å². The number of ether oxygens (including phenoxy) is 3. The van der Waals surface area contributed by atoms with Gasteiger partial charge in [0.2, 0.25) is 5.76 Å². The van der Waals surface area contributed by atoms with Crippen LogP contribution in [0, 0.1) is 0 Å². The van der Waals surface area contributed by atoms with Crippen LogP contribution in [0.3, 0.4) is 0 Å². The lowest BCUT2D eigenvalue weighted by molar-refractivity contribution is -0.136. The molecular formula is C25H23N3O4. The zero-order chi connectivity index (χ0) is 21.8. The molecule has 0 N–H and O–H groups in total. The molecule has 7 heteroatoms. The third kappa shape index (κ3) is 4.72. The van der Waals surface area contributed by atoms with E-state index >= 15 is 0 Å². The third-order valence-corrected chi connectivity index (χ3v) is 5.29. The number of cyclic esters (lactones) is 1. The highest BCUT2D eigenvalue weighted by molar-refractivity contribution is 5.91. The van der Waals surface area contributed by atoms with E-state index in [0.29, 0.717) is 24.0 Å². The zero-order valence-electron chi connectivity index (χ0n) is 17.5. The molecule has 3 aromatic rings. The Balaban J connectivity index is 1.35. The van der Waals surface area contributed by atoms with Gasteiger partial charge in [0, 0.05) is 12.1 Å². The molecule has 5 rings (SSSR count). The van der Waals surface area contributed by atoms with Gasteiger partial charge >= 0.3 is 5.97 Å². The van der Waals surface area contributed by atoms with E-state index in [9.17, 15) is 4.79 Å². The van der Waals surface area contributed by atoms with Crippen LogP contribution in [0.2, 0.25) is 0 Å². The van der Waals surface area contributed by atoms with Crippen molar-refractivity contribution >= 4 is 5.97 Å². The lowest BCUT2D eigenvalue weighted by Crippen LogP contribution is -2.04. The van der Waals surface area contributed by atoms with Crippen molar-refractivity contribution in [3.05, 3.63) is 107 Å². The summed E-state index contributed by atoms with van der Waals surface area (Å²) in [6.07, 6.45) is 6.04. The summed E-state index contributed by atoms with van der Waals surface area (Å²) >= 11 is 0. The van der Waals surface area contributed by atoms with Gasteiger partial charge in [-0.2, -0.15) is 0 Å². The fraction of sp³-hybridized carbons (Fsp3) is 0.240. The van der Waals surface area contributed by atoms with Crippen molar-refractivity contribution in [3.8, 4) is 0 Å². The van der Waals surface area contributed by atoms with E-state index < -0.39 is 5.97 Å². The van der Waals surface area contributed by atoms with E-state index in [4.69, 9.17) is 14.2 Å². The highest BCUT2D eigenvalue weighted by atomic mass is 16.6. The molecule has 0 amide bonds. The van der Waals surface area contributed by atoms with E-state index in [1.54, 1.807) is 10.8 Å². The van der Waals surface area contributed by atoms with Gasteiger partial charge < -0.3 is 14.2 Å². The maximum atomic E-state index is 12.6. The monoisotopic (exact) mass is 429 g/mol. The highest BCUT2D eigenvalue weighted by Crippen LogP contribution is 2.38. The van der Waals surface area contributed by atoms with Crippen LogP contribution >= 0.6 is 0 Å². The average Bonchev–Trinajstić information content (AvgIpc) is 3.49. The van der Waals surface area contributed by atoms with Gasteiger partial charge in [0.25, 0.3) is 5.76 Å². The first-order chi connectivity index (χ1) is 15.8. The van der Waals surface area contributed by atoms with Crippen LogP contribution in [0.5, 0.6) is 0 Å². The van der Waals surface area contributed by atoms with Gasteiger partial charge in [-0.3, -0.25) is 0 Å². The number of nitrogens with zero attached hydrogens (tertiary/aromatic N) is 3. The van der Waals surface area contributed by atoms with E-state index in [0.717, 1.165) is 16.8 Å². The van der Waals surface area contributed by atoms with Crippen LogP contribution in [0.25, 0.3) is 0 Å². The molecule has 0 bridgehead atoms. The summed E-state index contributed by atoms with van der Waals surface area (Å²) in [6, 6.07) is 19.4. The molecule has 1 aliphatic heterocycles. The largest absolute Gasteiger partial charge is 0.481 e. The molecular weight excluding hydrogens is 406 g/mol. The highest BCUT2D eigenvalue weighted by Gasteiger charge is 2.34. The number of esters is 1. The maximum Gasteiger partial charge on any atom is 0.383 e. The first kappa shape index (κ1) is 20.1. The van der Waals surface area contributed by atoms with E-state index in [1.165, 1.54) is 12.8 Å². The molecule has 1 aliphatic carbocycles. The van der Waals surface area contributed by atoms with Crippen molar-refractivity contribution in [2.24, 2.45) is 0 Å². The number of carbonyl (C=O) groups is 1. The molecule has 0 atom stereocenters. The van der Waals surface area contributed by atoms with Crippen molar-refractivity contribution < 1.29 is 19.0 Å². The van der Waals surface area contributed by atoms with E-state index in [1.807, 2.05) is 66.9 Å². The second kappa shape index (κ2) is 9.09. The average molecular weight is 429 g/mol.